The summed E-state index contributed by atoms with van der Waals surface area (Å²) in [6, 6.07) is 15.6. The third kappa shape index (κ3) is 5.47. The van der Waals surface area contributed by atoms with Crippen molar-refractivity contribution in [3.05, 3.63) is 54.1 Å². The molecular formula is C23H25N5O3S. The number of nitrogens with zero attached hydrogens (tertiary/aromatic N) is 4. The summed E-state index contributed by atoms with van der Waals surface area (Å²) in [6.45, 7) is 6.68. The van der Waals surface area contributed by atoms with Crippen molar-refractivity contribution in [2.75, 3.05) is 42.1 Å². The van der Waals surface area contributed by atoms with Gasteiger partial charge in [0.1, 0.15) is 0 Å². The molecule has 0 spiro atoms. The lowest BCUT2D eigenvalue weighted by Crippen LogP contribution is -2.48. The summed E-state index contributed by atoms with van der Waals surface area (Å²) >= 11 is 1.20. The van der Waals surface area contributed by atoms with Crippen molar-refractivity contribution in [1.82, 2.24) is 15.1 Å². The fraction of sp³-hybridized carbons (Fsp3) is 0.304. The smallest absolute Gasteiger partial charge is 0.277 e. The van der Waals surface area contributed by atoms with Crippen molar-refractivity contribution in [1.29, 1.82) is 0 Å². The van der Waals surface area contributed by atoms with Crippen molar-refractivity contribution < 1.29 is 14.0 Å². The summed E-state index contributed by atoms with van der Waals surface area (Å²) in [4.78, 5) is 27.9. The van der Waals surface area contributed by atoms with E-state index in [0.717, 1.165) is 48.7 Å². The average molecular weight is 452 g/mol. The maximum Gasteiger partial charge on any atom is 0.277 e. The highest BCUT2D eigenvalue weighted by Crippen LogP contribution is 2.24. The third-order valence-corrected chi connectivity index (χ3v) is 6.09. The number of carbonyl (C=O) groups is 2. The number of hydrogen-bond donors (Lipinski definition) is 1. The summed E-state index contributed by atoms with van der Waals surface area (Å²) in [5.41, 5.74) is 3.81. The van der Waals surface area contributed by atoms with Gasteiger partial charge >= 0.3 is 0 Å². The minimum absolute atomic E-state index is 0.118. The first kappa shape index (κ1) is 21.9. The van der Waals surface area contributed by atoms with Gasteiger partial charge in [-0.1, -0.05) is 29.5 Å². The normalized spacial score (nSPS) is 13.8. The van der Waals surface area contributed by atoms with Crippen LogP contribution < -0.4 is 10.2 Å². The van der Waals surface area contributed by atoms with Gasteiger partial charge in [0.25, 0.3) is 5.22 Å². The van der Waals surface area contributed by atoms with Crippen molar-refractivity contribution in [2.24, 2.45) is 0 Å². The predicted octanol–water partition coefficient (Wildman–Crippen LogP) is 3.44. The number of amides is 2. The van der Waals surface area contributed by atoms with Gasteiger partial charge in [0, 0.05) is 50.0 Å². The number of aryl methyl sites for hydroxylation is 1. The average Bonchev–Trinajstić information content (AvgIpc) is 3.28. The van der Waals surface area contributed by atoms with E-state index >= 15 is 0 Å². The molecular weight excluding hydrogens is 426 g/mol. The number of piperazine rings is 1. The number of benzene rings is 2. The van der Waals surface area contributed by atoms with Crippen LogP contribution >= 0.6 is 11.8 Å². The molecule has 0 radical (unpaired) electrons. The predicted molar refractivity (Wildman–Crippen MR) is 125 cm³/mol. The molecule has 1 saturated heterocycles. The monoisotopic (exact) mass is 451 g/mol. The summed E-state index contributed by atoms with van der Waals surface area (Å²) in [5, 5.41) is 11.3. The Kier molecular flexibility index (Phi) is 6.75. The highest BCUT2D eigenvalue weighted by molar-refractivity contribution is 7.99. The summed E-state index contributed by atoms with van der Waals surface area (Å²) < 4.78 is 5.65. The maximum atomic E-state index is 12.3. The Morgan fingerprint density at radius 3 is 2.34 bits per heavy atom. The molecule has 2 heterocycles. The number of carbonyl (C=O) groups excluding carboxylic acids is 2. The summed E-state index contributed by atoms with van der Waals surface area (Å²) in [5.74, 6) is 0.581. The molecule has 1 fully saturated rings. The topological polar surface area (TPSA) is 91.6 Å². The molecule has 0 saturated carbocycles. The first-order valence-electron chi connectivity index (χ1n) is 10.4. The van der Waals surface area contributed by atoms with Crippen molar-refractivity contribution >= 4 is 35.0 Å². The Hall–Kier alpha value is -3.33. The number of nitrogens with one attached hydrogen (secondary N) is 1. The minimum Gasteiger partial charge on any atom is -0.411 e. The third-order valence-electron chi connectivity index (χ3n) is 5.27. The molecule has 166 valence electrons. The van der Waals surface area contributed by atoms with Crippen molar-refractivity contribution in [2.45, 2.75) is 19.1 Å². The molecule has 1 aliphatic rings. The Morgan fingerprint density at radius 1 is 1.00 bits per heavy atom. The van der Waals surface area contributed by atoms with Gasteiger partial charge in [-0.15, -0.1) is 10.2 Å². The van der Waals surface area contributed by atoms with Gasteiger partial charge in [-0.05, 0) is 43.3 Å². The largest absolute Gasteiger partial charge is 0.411 e. The van der Waals surface area contributed by atoms with E-state index in [9.17, 15) is 9.59 Å². The Labute approximate surface area is 191 Å². The number of hydrogen-bond acceptors (Lipinski definition) is 7. The van der Waals surface area contributed by atoms with Crippen LogP contribution in [0.3, 0.4) is 0 Å². The molecule has 9 heteroatoms. The molecule has 1 aliphatic heterocycles. The van der Waals surface area contributed by atoms with Crippen LogP contribution in [0.25, 0.3) is 11.5 Å². The molecule has 1 aromatic heterocycles. The number of thioether (sulfide) groups is 1. The molecule has 0 aliphatic carbocycles. The SMILES string of the molecule is CC(=O)N1CCN(c2ccc(NC(=O)CSc3nnc(-c4ccc(C)cc4)o3)cc2)CC1. The molecule has 32 heavy (non-hydrogen) atoms. The molecule has 0 atom stereocenters. The van der Waals surface area contributed by atoms with E-state index in [-0.39, 0.29) is 17.6 Å². The minimum atomic E-state index is -0.145. The van der Waals surface area contributed by atoms with Gasteiger partial charge in [0.05, 0.1) is 5.75 Å². The van der Waals surface area contributed by atoms with Crippen LogP contribution in [0, 0.1) is 6.92 Å². The van der Waals surface area contributed by atoms with Crippen LogP contribution in [-0.2, 0) is 9.59 Å². The zero-order valence-corrected chi connectivity index (χ0v) is 18.9. The zero-order chi connectivity index (χ0) is 22.5. The van der Waals surface area contributed by atoms with Gasteiger partial charge in [0.15, 0.2) is 0 Å². The molecule has 8 nitrogen and oxygen atoms in total. The molecule has 4 rings (SSSR count). The molecule has 3 aromatic rings. The van der Waals surface area contributed by atoms with Crippen LogP contribution in [0.15, 0.2) is 58.2 Å². The van der Waals surface area contributed by atoms with E-state index in [1.54, 1.807) is 6.92 Å². The zero-order valence-electron chi connectivity index (χ0n) is 18.1. The van der Waals surface area contributed by atoms with E-state index in [4.69, 9.17) is 4.42 Å². The van der Waals surface area contributed by atoms with Crippen LogP contribution in [0.1, 0.15) is 12.5 Å². The lowest BCUT2D eigenvalue weighted by atomic mass is 10.1. The Balaban J connectivity index is 1.26. The highest BCUT2D eigenvalue weighted by Gasteiger charge is 2.18. The maximum absolute atomic E-state index is 12.3. The van der Waals surface area contributed by atoms with Crippen LogP contribution in [0.2, 0.25) is 0 Å². The van der Waals surface area contributed by atoms with E-state index in [0.29, 0.717) is 11.1 Å². The van der Waals surface area contributed by atoms with Gasteiger partial charge in [-0.2, -0.15) is 0 Å². The number of anilines is 2. The molecule has 2 aromatic carbocycles. The van der Waals surface area contributed by atoms with Crippen molar-refractivity contribution in [3.63, 3.8) is 0 Å². The quantitative estimate of drug-likeness (QED) is 0.574. The molecule has 1 N–H and O–H groups in total. The number of aromatic nitrogens is 2. The standard InChI is InChI=1S/C23H25N5O3S/c1-16-3-5-18(6-4-16)22-25-26-23(31-22)32-15-21(30)24-19-7-9-20(10-8-19)28-13-11-27(12-14-28)17(2)29/h3-10H,11-15H2,1-2H3,(H,24,30). The van der Waals surface area contributed by atoms with Gasteiger partial charge < -0.3 is 19.5 Å². The molecule has 0 bridgehead atoms. The van der Waals surface area contributed by atoms with E-state index in [1.807, 2.05) is 60.4 Å². The Bertz CT molecular complexity index is 1070. The van der Waals surface area contributed by atoms with Gasteiger partial charge in [-0.25, -0.2) is 0 Å². The summed E-state index contributed by atoms with van der Waals surface area (Å²) in [6.07, 6.45) is 0. The fourth-order valence-electron chi connectivity index (χ4n) is 3.44. The lowest BCUT2D eigenvalue weighted by molar-refractivity contribution is -0.129. The van der Waals surface area contributed by atoms with Gasteiger partial charge in [0.2, 0.25) is 17.7 Å². The molecule has 2 amide bonds. The van der Waals surface area contributed by atoms with E-state index < -0.39 is 0 Å². The van der Waals surface area contributed by atoms with E-state index in [2.05, 4.69) is 20.4 Å². The molecule has 0 unspecified atom stereocenters. The second-order valence-corrected chi connectivity index (χ2v) is 8.54. The van der Waals surface area contributed by atoms with Crippen LogP contribution in [-0.4, -0.2) is 58.8 Å². The Morgan fingerprint density at radius 2 is 1.69 bits per heavy atom. The van der Waals surface area contributed by atoms with Crippen molar-refractivity contribution in [3.8, 4) is 11.5 Å². The highest BCUT2D eigenvalue weighted by atomic mass is 32.2. The first-order valence-corrected chi connectivity index (χ1v) is 11.4. The van der Waals surface area contributed by atoms with Crippen LogP contribution in [0.4, 0.5) is 11.4 Å². The number of rotatable bonds is 6. The fourth-order valence-corrected chi connectivity index (χ4v) is 4.00. The first-order chi connectivity index (χ1) is 15.5. The second-order valence-electron chi connectivity index (χ2n) is 7.62. The second kappa shape index (κ2) is 9.86. The van der Waals surface area contributed by atoms with E-state index in [1.165, 1.54) is 11.8 Å². The van der Waals surface area contributed by atoms with Crippen LogP contribution in [0.5, 0.6) is 0 Å². The summed E-state index contributed by atoms with van der Waals surface area (Å²) in [7, 11) is 0. The lowest BCUT2D eigenvalue weighted by Gasteiger charge is -2.35. The van der Waals surface area contributed by atoms with Gasteiger partial charge in [-0.3, -0.25) is 9.59 Å².